The Labute approximate surface area is 119 Å². The largest absolute Gasteiger partial charge is 0.497 e. The third-order valence-corrected chi connectivity index (χ3v) is 3.00. The van der Waals surface area contributed by atoms with Gasteiger partial charge < -0.3 is 9.26 Å². The zero-order valence-electron chi connectivity index (χ0n) is 11.5. The Morgan fingerprint density at radius 2 is 2.10 bits per heavy atom. The highest BCUT2D eigenvalue weighted by Crippen LogP contribution is 2.11. The van der Waals surface area contributed by atoms with E-state index in [-0.39, 0.29) is 11.3 Å². The molecule has 0 aliphatic rings. The van der Waals surface area contributed by atoms with Crippen LogP contribution in [0.1, 0.15) is 11.3 Å². The highest BCUT2D eigenvalue weighted by atomic mass is 16.5. The highest BCUT2D eigenvalue weighted by molar-refractivity contribution is 5.80. The molecule has 0 N–H and O–H groups in total. The molecule has 2 heterocycles. The summed E-state index contributed by atoms with van der Waals surface area (Å²) in [5, 5.41) is 8.16. The minimum Gasteiger partial charge on any atom is -0.497 e. The summed E-state index contributed by atoms with van der Waals surface area (Å²) in [5.74, 6) is 0.757. The van der Waals surface area contributed by atoms with Crippen LogP contribution in [0.25, 0.3) is 11.1 Å². The Morgan fingerprint density at radius 3 is 2.81 bits per heavy atom. The van der Waals surface area contributed by atoms with Crippen molar-refractivity contribution in [3.05, 3.63) is 52.2 Å². The third-order valence-electron chi connectivity index (χ3n) is 3.00. The van der Waals surface area contributed by atoms with Crippen LogP contribution in [-0.2, 0) is 0 Å². The van der Waals surface area contributed by atoms with Gasteiger partial charge in [-0.3, -0.25) is 4.79 Å². The molecule has 0 aliphatic carbocycles. The molecular weight excluding hydrogens is 272 g/mol. The summed E-state index contributed by atoms with van der Waals surface area (Å²) in [4.78, 5) is 16.2. The van der Waals surface area contributed by atoms with Gasteiger partial charge in [0, 0.05) is 0 Å². The SMILES string of the molecule is COc1ccc(/C=N/n2cnc3onc(C)c3c2=O)cc1. The maximum Gasteiger partial charge on any atom is 0.287 e. The molecule has 7 heteroatoms. The molecule has 2 aromatic heterocycles. The van der Waals surface area contributed by atoms with Gasteiger partial charge in [0.25, 0.3) is 11.3 Å². The first-order chi connectivity index (χ1) is 10.2. The molecule has 0 unspecified atom stereocenters. The number of aryl methyl sites for hydroxylation is 1. The molecule has 0 spiro atoms. The summed E-state index contributed by atoms with van der Waals surface area (Å²) in [7, 11) is 1.60. The number of aromatic nitrogens is 3. The van der Waals surface area contributed by atoms with Gasteiger partial charge in [0.15, 0.2) is 0 Å². The zero-order chi connectivity index (χ0) is 14.8. The normalized spacial score (nSPS) is 11.3. The maximum absolute atomic E-state index is 12.2. The van der Waals surface area contributed by atoms with Crippen LogP contribution in [0.5, 0.6) is 5.75 Å². The highest BCUT2D eigenvalue weighted by Gasteiger charge is 2.11. The van der Waals surface area contributed by atoms with E-state index in [0.717, 1.165) is 16.0 Å². The van der Waals surface area contributed by atoms with Gasteiger partial charge in [0.1, 0.15) is 17.5 Å². The molecule has 0 aliphatic heterocycles. The standard InChI is InChI=1S/C14H12N4O3/c1-9-12-13(21-17-9)15-8-18(14(12)19)16-7-10-3-5-11(20-2)6-4-10/h3-8H,1-2H3/b16-7+. The number of rotatable bonds is 3. The lowest BCUT2D eigenvalue weighted by Crippen LogP contribution is -2.17. The van der Waals surface area contributed by atoms with Crippen LogP contribution in [0.4, 0.5) is 0 Å². The molecule has 7 nitrogen and oxygen atoms in total. The van der Waals surface area contributed by atoms with Crippen molar-refractivity contribution < 1.29 is 9.26 Å². The first kappa shape index (κ1) is 13.0. The number of fused-ring (bicyclic) bond motifs is 1. The lowest BCUT2D eigenvalue weighted by molar-refractivity contribution is 0.415. The van der Waals surface area contributed by atoms with Crippen LogP contribution in [-0.4, -0.2) is 28.1 Å². The number of hydrogen-bond acceptors (Lipinski definition) is 6. The van der Waals surface area contributed by atoms with E-state index in [1.54, 1.807) is 20.2 Å². The summed E-state index contributed by atoms with van der Waals surface area (Å²) in [6.07, 6.45) is 2.87. The van der Waals surface area contributed by atoms with Crippen molar-refractivity contribution in [3.8, 4) is 5.75 Å². The van der Waals surface area contributed by atoms with Crippen molar-refractivity contribution in [2.45, 2.75) is 6.92 Å². The fraction of sp³-hybridized carbons (Fsp3) is 0.143. The fourth-order valence-electron chi connectivity index (χ4n) is 1.87. The molecule has 0 atom stereocenters. The van der Waals surface area contributed by atoms with E-state index in [1.165, 1.54) is 6.33 Å². The van der Waals surface area contributed by atoms with Crippen molar-refractivity contribution in [1.82, 2.24) is 14.8 Å². The van der Waals surface area contributed by atoms with Gasteiger partial charge in [0.2, 0.25) is 0 Å². The van der Waals surface area contributed by atoms with E-state index >= 15 is 0 Å². The molecule has 0 saturated heterocycles. The molecule has 3 rings (SSSR count). The van der Waals surface area contributed by atoms with E-state index < -0.39 is 0 Å². The molecule has 0 amide bonds. The fourth-order valence-corrected chi connectivity index (χ4v) is 1.87. The van der Waals surface area contributed by atoms with Gasteiger partial charge in [-0.05, 0) is 36.8 Å². The van der Waals surface area contributed by atoms with Crippen molar-refractivity contribution in [2.75, 3.05) is 7.11 Å². The molecular formula is C14H12N4O3. The van der Waals surface area contributed by atoms with Crippen molar-refractivity contribution >= 4 is 17.3 Å². The van der Waals surface area contributed by atoms with E-state index in [9.17, 15) is 4.79 Å². The molecule has 106 valence electrons. The second-order valence-electron chi connectivity index (χ2n) is 4.36. The molecule has 0 bridgehead atoms. The van der Waals surface area contributed by atoms with Crippen LogP contribution >= 0.6 is 0 Å². The van der Waals surface area contributed by atoms with E-state index in [4.69, 9.17) is 9.26 Å². The average Bonchev–Trinajstić information content (AvgIpc) is 2.89. The van der Waals surface area contributed by atoms with E-state index in [1.807, 2.05) is 24.3 Å². The van der Waals surface area contributed by atoms with Crippen molar-refractivity contribution in [2.24, 2.45) is 5.10 Å². The predicted octanol–water partition coefficient (Wildman–Crippen LogP) is 1.58. The van der Waals surface area contributed by atoms with Gasteiger partial charge in [-0.2, -0.15) is 14.8 Å². The quantitative estimate of drug-likeness (QED) is 0.682. The predicted molar refractivity (Wildman–Crippen MR) is 76.8 cm³/mol. The molecule has 0 fully saturated rings. The third kappa shape index (κ3) is 2.40. The number of hydrogen-bond donors (Lipinski definition) is 0. The summed E-state index contributed by atoms with van der Waals surface area (Å²) < 4.78 is 11.2. The molecule has 0 radical (unpaired) electrons. The Bertz CT molecular complexity index is 862. The number of methoxy groups -OCH3 is 1. The van der Waals surface area contributed by atoms with Crippen molar-refractivity contribution in [3.63, 3.8) is 0 Å². The van der Waals surface area contributed by atoms with E-state index in [0.29, 0.717) is 11.1 Å². The topological polar surface area (TPSA) is 82.5 Å². The zero-order valence-corrected chi connectivity index (χ0v) is 11.5. The maximum atomic E-state index is 12.2. The lowest BCUT2D eigenvalue weighted by Gasteiger charge is -1.99. The Hall–Kier alpha value is -2.96. The van der Waals surface area contributed by atoms with Gasteiger partial charge in [0.05, 0.1) is 19.0 Å². The van der Waals surface area contributed by atoms with Crippen LogP contribution in [0.15, 0.2) is 45.0 Å². The smallest absolute Gasteiger partial charge is 0.287 e. The minimum absolute atomic E-state index is 0.216. The first-order valence-corrected chi connectivity index (χ1v) is 6.21. The van der Waals surface area contributed by atoms with Crippen LogP contribution in [0, 0.1) is 6.92 Å². The molecule has 21 heavy (non-hydrogen) atoms. The number of nitrogens with zero attached hydrogens (tertiary/aromatic N) is 4. The van der Waals surface area contributed by atoms with Gasteiger partial charge in [-0.25, -0.2) is 0 Å². The monoisotopic (exact) mass is 284 g/mol. The van der Waals surface area contributed by atoms with Gasteiger partial charge in [-0.15, -0.1) is 0 Å². The van der Waals surface area contributed by atoms with Crippen LogP contribution in [0.2, 0.25) is 0 Å². The Morgan fingerprint density at radius 1 is 1.33 bits per heavy atom. The number of benzene rings is 1. The van der Waals surface area contributed by atoms with E-state index in [2.05, 4.69) is 15.2 Å². The Kier molecular flexibility index (Phi) is 3.23. The second-order valence-corrected chi connectivity index (χ2v) is 4.36. The molecule has 0 saturated carbocycles. The summed E-state index contributed by atoms with van der Waals surface area (Å²) in [5.41, 5.74) is 1.23. The van der Waals surface area contributed by atoms with Crippen LogP contribution < -0.4 is 10.3 Å². The van der Waals surface area contributed by atoms with Gasteiger partial charge in [-0.1, -0.05) is 5.16 Å². The Balaban J connectivity index is 1.97. The number of ether oxygens (including phenoxy) is 1. The first-order valence-electron chi connectivity index (χ1n) is 6.21. The van der Waals surface area contributed by atoms with Crippen molar-refractivity contribution in [1.29, 1.82) is 0 Å². The second kappa shape index (κ2) is 5.20. The van der Waals surface area contributed by atoms with Crippen LogP contribution in [0.3, 0.4) is 0 Å². The molecule has 3 aromatic rings. The summed E-state index contributed by atoms with van der Waals surface area (Å²) in [6.45, 7) is 1.69. The molecule has 1 aromatic carbocycles. The van der Waals surface area contributed by atoms with Gasteiger partial charge >= 0.3 is 0 Å². The average molecular weight is 284 g/mol. The minimum atomic E-state index is -0.316. The summed E-state index contributed by atoms with van der Waals surface area (Å²) in [6, 6.07) is 7.30. The lowest BCUT2D eigenvalue weighted by atomic mass is 10.2. The summed E-state index contributed by atoms with van der Waals surface area (Å²) >= 11 is 0.